The molecule has 1 aromatic heterocycles. The highest BCUT2D eigenvalue weighted by Gasteiger charge is 2.05. The van der Waals surface area contributed by atoms with E-state index in [0.717, 1.165) is 27.3 Å². The molecule has 0 saturated carbocycles. The van der Waals surface area contributed by atoms with E-state index in [2.05, 4.69) is 17.2 Å². The predicted molar refractivity (Wildman–Crippen MR) is 86.1 cm³/mol. The van der Waals surface area contributed by atoms with Crippen molar-refractivity contribution in [3.05, 3.63) is 77.1 Å². The van der Waals surface area contributed by atoms with E-state index in [0.29, 0.717) is 13.1 Å². The highest BCUT2D eigenvalue weighted by atomic mass is 35.5. The molecular formula is C17H16ClN3. The van der Waals surface area contributed by atoms with Crippen molar-refractivity contribution in [2.75, 3.05) is 0 Å². The van der Waals surface area contributed by atoms with Gasteiger partial charge in [0, 0.05) is 23.3 Å². The van der Waals surface area contributed by atoms with Gasteiger partial charge in [0.1, 0.15) is 0 Å². The molecule has 0 aliphatic heterocycles. The lowest BCUT2D eigenvalue weighted by Gasteiger charge is -2.06. The van der Waals surface area contributed by atoms with Gasteiger partial charge in [-0.05, 0) is 22.8 Å². The minimum atomic E-state index is 0.500. The number of hydrogen-bond donors (Lipinski definition) is 1. The minimum Gasteiger partial charge on any atom is -0.326 e. The second-order valence-corrected chi connectivity index (χ2v) is 5.33. The van der Waals surface area contributed by atoms with Gasteiger partial charge in [-0.1, -0.05) is 54.1 Å². The number of aromatic nitrogens is 2. The van der Waals surface area contributed by atoms with E-state index in [9.17, 15) is 0 Å². The average molecular weight is 298 g/mol. The van der Waals surface area contributed by atoms with Gasteiger partial charge in [-0.15, -0.1) is 0 Å². The fraction of sp³-hybridized carbons (Fsp3) is 0.118. The number of halogens is 1. The first kappa shape index (κ1) is 13.9. The van der Waals surface area contributed by atoms with Crippen LogP contribution in [-0.2, 0) is 13.1 Å². The standard InChI is InChI=1S/C17H16ClN3/c18-17-8-13(9-19)6-7-15(17)11-21-12-16(10-20-21)14-4-2-1-3-5-14/h1-8,10,12H,9,11,19H2. The fourth-order valence-corrected chi connectivity index (χ4v) is 2.51. The van der Waals surface area contributed by atoms with E-state index in [-0.39, 0.29) is 0 Å². The third kappa shape index (κ3) is 3.15. The summed E-state index contributed by atoms with van der Waals surface area (Å²) in [5.41, 5.74) is 9.95. The minimum absolute atomic E-state index is 0.500. The summed E-state index contributed by atoms with van der Waals surface area (Å²) in [6.45, 7) is 1.15. The van der Waals surface area contributed by atoms with Crippen LogP contribution in [0.5, 0.6) is 0 Å². The van der Waals surface area contributed by atoms with Gasteiger partial charge in [0.25, 0.3) is 0 Å². The van der Waals surface area contributed by atoms with Crippen molar-refractivity contribution in [1.82, 2.24) is 9.78 Å². The predicted octanol–water partition coefficient (Wildman–Crippen LogP) is 3.71. The van der Waals surface area contributed by atoms with Crippen molar-refractivity contribution in [2.45, 2.75) is 13.1 Å². The normalized spacial score (nSPS) is 10.8. The van der Waals surface area contributed by atoms with Crippen LogP contribution < -0.4 is 5.73 Å². The maximum atomic E-state index is 6.29. The molecule has 3 nitrogen and oxygen atoms in total. The summed E-state index contributed by atoms with van der Waals surface area (Å²) < 4.78 is 1.89. The molecule has 0 atom stereocenters. The van der Waals surface area contributed by atoms with Crippen LogP contribution in [0.2, 0.25) is 5.02 Å². The van der Waals surface area contributed by atoms with Crippen LogP contribution in [0.1, 0.15) is 11.1 Å². The molecule has 0 unspecified atom stereocenters. The molecule has 3 rings (SSSR count). The van der Waals surface area contributed by atoms with Gasteiger partial charge in [-0.25, -0.2) is 0 Å². The molecule has 106 valence electrons. The van der Waals surface area contributed by atoms with E-state index in [4.69, 9.17) is 17.3 Å². The van der Waals surface area contributed by atoms with Crippen LogP contribution in [0.4, 0.5) is 0 Å². The van der Waals surface area contributed by atoms with Gasteiger partial charge in [-0.3, -0.25) is 4.68 Å². The van der Waals surface area contributed by atoms with E-state index < -0.39 is 0 Å². The second-order valence-electron chi connectivity index (χ2n) is 4.92. The zero-order valence-electron chi connectivity index (χ0n) is 11.5. The summed E-state index contributed by atoms with van der Waals surface area (Å²) in [5.74, 6) is 0. The number of hydrogen-bond acceptors (Lipinski definition) is 2. The molecule has 0 aliphatic carbocycles. The summed E-state index contributed by atoms with van der Waals surface area (Å²) >= 11 is 6.29. The van der Waals surface area contributed by atoms with Crippen LogP contribution in [0, 0.1) is 0 Å². The lowest BCUT2D eigenvalue weighted by atomic mass is 10.1. The molecule has 0 amide bonds. The average Bonchev–Trinajstić information content (AvgIpc) is 2.99. The highest BCUT2D eigenvalue weighted by Crippen LogP contribution is 2.21. The van der Waals surface area contributed by atoms with Crippen molar-refractivity contribution in [2.24, 2.45) is 5.73 Å². The molecule has 1 heterocycles. The Balaban J connectivity index is 1.82. The van der Waals surface area contributed by atoms with Gasteiger partial charge >= 0.3 is 0 Å². The second kappa shape index (κ2) is 6.12. The number of nitrogens with two attached hydrogens (primary N) is 1. The Hall–Kier alpha value is -2.10. The maximum absolute atomic E-state index is 6.29. The van der Waals surface area contributed by atoms with Crippen molar-refractivity contribution >= 4 is 11.6 Å². The van der Waals surface area contributed by atoms with Crippen LogP contribution >= 0.6 is 11.6 Å². The third-order valence-electron chi connectivity index (χ3n) is 3.43. The number of nitrogens with zero attached hydrogens (tertiary/aromatic N) is 2. The van der Waals surface area contributed by atoms with Crippen LogP contribution in [0.25, 0.3) is 11.1 Å². The van der Waals surface area contributed by atoms with Crippen molar-refractivity contribution in [1.29, 1.82) is 0 Å². The van der Waals surface area contributed by atoms with E-state index in [1.807, 2.05) is 53.5 Å². The molecular weight excluding hydrogens is 282 g/mol. The molecule has 2 N–H and O–H groups in total. The molecule has 0 saturated heterocycles. The Bertz CT molecular complexity index is 735. The van der Waals surface area contributed by atoms with Crippen molar-refractivity contribution < 1.29 is 0 Å². The summed E-state index contributed by atoms with van der Waals surface area (Å²) in [6, 6.07) is 16.1. The first-order chi connectivity index (χ1) is 10.3. The molecule has 2 aromatic carbocycles. The Kier molecular flexibility index (Phi) is 4.04. The van der Waals surface area contributed by atoms with E-state index in [1.54, 1.807) is 0 Å². The largest absolute Gasteiger partial charge is 0.326 e. The lowest BCUT2D eigenvalue weighted by Crippen LogP contribution is -2.02. The Morgan fingerprint density at radius 2 is 1.86 bits per heavy atom. The smallest absolute Gasteiger partial charge is 0.0674 e. The Morgan fingerprint density at radius 3 is 2.57 bits per heavy atom. The molecule has 0 radical (unpaired) electrons. The van der Waals surface area contributed by atoms with Gasteiger partial charge < -0.3 is 5.73 Å². The van der Waals surface area contributed by atoms with Crippen LogP contribution in [0.3, 0.4) is 0 Å². The molecule has 0 spiro atoms. The van der Waals surface area contributed by atoms with Crippen LogP contribution in [-0.4, -0.2) is 9.78 Å². The number of rotatable bonds is 4. The van der Waals surface area contributed by atoms with E-state index in [1.165, 1.54) is 0 Å². The highest BCUT2D eigenvalue weighted by molar-refractivity contribution is 6.31. The zero-order chi connectivity index (χ0) is 14.7. The molecule has 0 bridgehead atoms. The topological polar surface area (TPSA) is 43.8 Å². The van der Waals surface area contributed by atoms with Gasteiger partial charge in [0.15, 0.2) is 0 Å². The molecule has 3 aromatic rings. The fourth-order valence-electron chi connectivity index (χ4n) is 2.25. The molecule has 0 aliphatic rings. The van der Waals surface area contributed by atoms with Crippen molar-refractivity contribution in [3.63, 3.8) is 0 Å². The van der Waals surface area contributed by atoms with Gasteiger partial charge in [-0.2, -0.15) is 5.10 Å². The lowest BCUT2D eigenvalue weighted by molar-refractivity contribution is 0.687. The summed E-state index contributed by atoms with van der Waals surface area (Å²) in [5, 5.41) is 5.14. The number of benzene rings is 2. The Morgan fingerprint density at radius 1 is 1.05 bits per heavy atom. The Labute approximate surface area is 129 Å². The summed E-state index contributed by atoms with van der Waals surface area (Å²) in [6.07, 6.45) is 3.90. The molecule has 4 heteroatoms. The first-order valence-electron chi connectivity index (χ1n) is 6.81. The monoisotopic (exact) mass is 297 g/mol. The first-order valence-corrected chi connectivity index (χ1v) is 7.19. The zero-order valence-corrected chi connectivity index (χ0v) is 12.3. The van der Waals surface area contributed by atoms with Crippen LogP contribution in [0.15, 0.2) is 60.9 Å². The van der Waals surface area contributed by atoms with Gasteiger partial charge in [0.2, 0.25) is 0 Å². The quantitative estimate of drug-likeness (QED) is 0.798. The SMILES string of the molecule is NCc1ccc(Cn2cc(-c3ccccc3)cn2)c(Cl)c1. The maximum Gasteiger partial charge on any atom is 0.0674 e. The summed E-state index contributed by atoms with van der Waals surface area (Å²) in [7, 11) is 0. The van der Waals surface area contributed by atoms with Gasteiger partial charge in [0.05, 0.1) is 12.7 Å². The molecule has 21 heavy (non-hydrogen) atoms. The van der Waals surface area contributed by atoms with Crippen molar-refractivity contribution in [3.8, 4) is 11.1 Å². The summed E-state index contributed by atoms with van der Waals surface area (Å²) in [4.78, 5) is 0. The third-order valence-corrected chi connectivity index (χ3v) is 3.78. The molecule has 0 fully saturated rings. The van der Waals surface area contributed by atoms with E-state index >= 15 is 0 Å².